The van der Waals surface area contributed by atoms with E-state index in [9.17, 15) is 9.50 Å². The lowest BCUT2D eigenvalue weighted by atomic mass is 9.97. The number of imidazole rings is 1. The third-order valence-electron chi connectivity index (χ3n) is 4.00. The zero-order valence-electron chi connectivity index (χ0n) is 13.0. The van der Waals surface area contributed by atoms with Crippen LogP contribution in [0.3, 0.4) is 0 Å². The number of benzene rings is 2. The topological polar surface area (TPSA) is 38.0 Å². The molecule has 0 radical (unpaired) electrons. The molecule has 3 aromatic rings. The van der Waals surface area contributed by atoms with Crippen LogP contribution in [0.4, 0.5) is 4.39 Å². The molecule has 1 N–H and O–H groups in total. The van der Waals surface area contributed by atoms with Crippen molar-refractivity contribution < 1.29 is 9.50 Å². The molecule has 0 aliphatic carbocycles. The van der Waals surface area contributed by atoms with E-state index in [0.717, 1.165) is 23.5 Å². The number of aromatic nitrogens is 2. The summed E-state index contributed by atoms with van der Waals surface area (Å²) in [6, 6.07) is 16.4. The number of aliphatic hydroxyl groups is 1. The van der Waals surface area contributed by atoms with Crippen LogP contribution in [0.25, 0.3) is 5.69 Å². The highest BCUT2D eigenvalue weighted by Crippen LogP contribution is 2.25. The maximum atomic E-state index is 13.1. The van der Waals surface area contributed by atoms with E-state index in [4.69, 9.17) is 0 Å². The van der Waals surface area contributed by atoms with Crippen molar-refractivity contribution in [2.45, 2.75) is 25.9 Å². The van der Waals surface area contributed by atoms with E-state index in [1.807, 2.05) is 22.8 Å². The Morgan fingerprint density at radius 1 is 1.09 bits per heavy atom. The Morgan fingerprint density at radius 2 is 1.78 bits per heavy atom. The van der Waals surface area contributed by atoms with Gasteiger partial charge in [0.25, 0.3) is 0 Å². The van der Waals surface area contributed by atoms with E-state index < -0.39 is 0 Å². The van der Waals surface area contributed by atoms with Gasteiger partial charge < -0.3 is 9.67 Å². The highest BCUT2D eigenvalue weighted by molar-refractivity contribution is 5.36. The molecule has 3 rings (SSSR count). The van der Waals surface area contributed by atoms with Crippen LogP contribution in [0.1, 0.15) is 29.8 Å². The Labute approximate surface area is 135 Å². The molecule has 23 heavy (non-hydrogen) atoms. The molecule has 0 amide bonds. The second-order valence-electron chi connectivity index (χ2n) is 5.67. The first kappa shape index (κ1) is 15.4. The van der Waals surface area contributed by atoms with Gasteiger partial charge in [-0.15, -0.1) is 0 Å². The van der Waals surface area contributed by atoms with Gasteiger partial charge in [0, 0.05) is 11.6 Å². The van der Waals surface area contributed by atoms with Gasteiger partial charge >= 0.3 is 0 Å². The molecule has 0 aliphatic heterocycles. The fourth-order valence-electron chi connectivity index (χ4n) is 2.84. The number of hydrogen-bond acceptors (Lipinski definition) is 2. The Balaban J connectivity index is 1.90. The first-order chi connectivity index (χ1) is 11.2. The van der Waals surface area contributed by atoms with Crippen molar-refractivity contribution in [2.24, 2.45) is 0 Å². The van der Waals surface area contributed by atoms with Crippen LogP contribution < -0.4 is 0 Å². The summed E-state index contributed by atoms with van der Waals surface area (Å²) in [7, 11) is 0. The fourth-order valence-corrected chi connectivity index (χ4v) is 2.84. The molecule has 1 unspecified atom stereocenters. The SMILES string of the molecule is CC(Cc1ccccc1)c1ncn(-c2ccc(F)cc2)c1CO. The lowest BCUT2D eigenvalue weighted by molar-refractivity contribution is 0.272. The molecule has 1 aromatic heterocycles. The molecule has 0 bridgehead atoms. The number of nitrogens with zero attached hydrogens (tertiary/aromatic N) is 2. The van der Waals surface area contributed by atoms with Gasteiger partial charge in [-0.3, -0.25) is 0 Å². The van der Waals surface area contributed by atoms with Crippen LogP contribution in [0.2, 0.25) is 0 Å². The van der Waals surface area contributed by atoms with Crippen LogP contribution in [-0.2, 0) is 13.0 Å². The zero-order valence-corrected chi connectivity index (χ0v) is 13.0. The summed E-state index contributed by atoms with van der Waals surface area (Å²) >= 11 is 0. The molecule has 0 fully saturated rings. The second kappa shape index (κ2) is 6.75. The Morgan fingerprint density at radius 3 is 2.43 bits per heavy atom. The maximum absolute atomic E-state index is 13.1. The highest BCUT2D eigenvalue weighted by Gasteiger charge is 2.17. The number of hydrogen-bond donors (Lipinski definition) is 1. The van der Waals surface area contributed by atoms with E-state index in [2.05, 4.69) is 24.0 Å². The number of rotatable bonds is 5. The molecule has 2 aromatic carbocycles. The molecule has 0 saturated heterocycles. The second-order valence-corrected chi connectivity index (χ2v) is 5.67. The van der Waals surface area contributed by atoms with E-state index >= 15 is 0 Å². The number of halogens is 1. The monoisotopic (exact) mass is 310 g/mol. The minimum absolute atomic E-state index is 0.105. The van der Waals surface area contributed by atoms with Crippen LogP contribution in [-0.4, -0.2) is 14.7 Å². The minimum atomic E-state index is -0.280. The summed E-state index contributed by atoms with van der Waals surface area (Å²) in [5.41, 5.74) is 3.65. The molecular formula is C19H19FN2O. The van der Waals surface area contributed by atoms with Crippen molar-refractivity contribution >= 4 is 0 Å². The van der Waals surface area contributed by atoms with Crippen LogP contribution in [0, 0.1) is 5.82 Å². The smallest absolute Gasteiger partial charge is 0.123 e. The molecule has 1 heterocycles. The van der Waals surface area contributed by atoms with Crippen molar-refractivity contribution in [1.29, 1.82) is 0 Å². The van der Waals surface area contributed by atoms with Crippen molar-refractivity contribution in [2.75, 3.05) is 0 Å². The first-order valence-electron chi connectivity index (χ1n) is 7.66. The number of aliphatic hydroxyl groups excluding tert-OH is 1. The first-order valence-corrected chi connectivity index (χ1v) is 7.66. The van der Waals surface area contributed by atoms with Gasteiger partial charge in [0.15, 0.2) is 0 Å². The van der Waals surface area contributed by atoms with Gasteiger partial charge in [-0.05, 0) is 36.2 Å². The lowest BCUT2D eigenvalue weighted by Crippen LogP contribution is -2.06. The van der Waals surface area contributed by atoms with Crippen molar-refractivity contribution in [3.8, 4) is 5.69 Å². The Kier molecular flexibility index (Phi) is 4.53. The highest BCUT2D eigenvalue weighted by atomic mass is 19.1. The van der Waals surface area contributed by atoms with Gasteiger partial charge in [-0.2, -0.15) is 0 Å². The molecule has 118 valence electrons. The van der Waals surface area contributed by atoms with Gasteiger partial charge in [0.1, 0.15) is 5.82 Å². The molecule has 4 heteroatoms. The van der Waals surface area contributed by atoms with Gasteiger partial charge in [0.2, 0.25) is 0 Å². The summed E-state index contributed by atoms with van der Waals surface area (Å²) in [4.78, 5) is 4.49. The van der Waals surface area contributed by atoms with Crippen LogP contribution >= 0.6 is 0 Å². The third kappa shape index (κ3) is 3.32. The third-order valence-corrected chi connectivity index (χ3v) is 4.00. The average Bonchev–Trinajstić information content (AvgIpc) is 3.00. The van der Waals surface area contributed by atoms with E-state index in [-0.39, 0.29) is 18.3 Å². The molecule has 0 aliphatic rings. The standard InChI is InChI=1S/C19H19FN2O/c1-14(11-15-5-3-2-4-6-15)19-18(12-23)22(13-21-19)17-9-7-16(20)8-10-17/h2-10,13-14,23H,11-12H2,1H3. The van der Waals surface area contributed by atoms with Crippen molar-refractivity contribution in [3.63, 3.8) is 0 Å². The zero-order chi connectivity index (χ0) is 16.2. The lowest BCUT2D eigenvalue weighted by Gasteiger charge is -2.13. The predicted molar refractivity (Wildman–Crippen MR) is 88.0 cm³/mol. The Hall–Kier alpha value is -2.46. The maximum Gasteiger partial charge on any atom is 0.123 e. The average molecular weight is 310 g/mol. The van der Waals surface area contributed by atoms with Crippen LogP contribution in [0.15, 0.2) is 60.9 Å². The fraction of sp³-hybridized carbons (Fsp3) is 0.211. The molecule has 1 atom stereocenters. The van der Waals surface area contributed by atoms with Crippen LogP contribution in [0.5, 0.6) is 0 Å². The summed E-state index contributed by atoms with van der Waals surface area (Å²) in [6.45, 7) is 2.00. The van der Waals surface area contributed by atoms with Gasteiger partial charge in [0.05, 0.1) is 24.3 Å². The Bertz CT molecular complexity index is 766. The predicted octanol–water partition coefficient (Wildman–Crippen LogP) is 3.85. The largest absolute Gasteiger partial charge is 0.390 e. The van der Waals surface area contributed by atoms with Crippen molar-refractivity contribution in [1.82, 2.24) is 9.55 Å². The van der Waals surface area contributed by atoms with Gasteiger partial charge in [-0.25, -0.2) is 9.37 Å². The summed E-state index contributed by atoms with van der Waals surface area (Å²) in [5, 5.41) is 9.78. The van der Waals surface area contributed by atoms with E-state index in [1.54, 1.807) is 18.5 Å². The van der Waals surface area contributed by atoms with Crippen molar-refractivity contribution in [3.05, 3.63) is 83.7 Å². The molecular weight excluding hydrogens is 291 g/mol. The molecule has 3 nitrogen and oxygen atoms in total. The summed E-state index contributed by atoms with van der Waals surface area (Å²) < 4.78 is 14.9. The normalized spacial score (nSPS) is 12.3. The van der Waals surface area contributed by atoms with E-state index in [1.165, 1.54) is 17.7 Å². The molecule has 0 saturated carbocycles. The molecule has 0 spiro atoms. The quantitative estimate of drug-likeness (QED) is 0.777. The van der Waals surface area contributed by atoms with Gasteiger partial charge in [-0.1, -0.05) is 37.3 Å². The summed E-state index contributed by atoms with van der Waals surface area (Å²) in [5.74, 6) is -0.0988. The minimum Gasteiger partial charge on any atom is -0.390 e. The van der Waals surface area contributed by atoms with E-state index in [0.29, 0.717) is 0 Å². The summed E-state index contributed by atoms with van der Waals surface area (Å²) in [6.07, 6.45) is 2.55.